The van der Waals surface area contributed by atoms with Crippen molar-refractivity contribution >= 4 is 5.91 Å². The number of carbonyl (C=O) groups excluding carboxylic acids is 1. The van der Waals surface area contributed by atoms with E-state index in [2.05, 4.69) is 5.32 Å². The molecule has 3 N–H and O–H groups in total. The molecule has 1 aliphatic carbocycles. The van der Waals surface area contributed by atoms with Gasteiger partial charge in [-0.2, -0.15) is 0 Å². The van der Waals surface area contributed by atoms with Crippen LogP contribution in [0.2, 0.25) is 0 Å². The number of amides is 1. The van der Waals surface area contributed by atoms with Crippen LogP contribution in [0, 0.1) is 5.92 Å². The predicted molar refractivity (Wildman–Crippen MR) is 41.2 cm³/mol. The minimum atomic E-state index is 0.115. The highest BCUT2D eigenvalue weighted by molar-refractivity contribution is 5.82. The summed E-state index contributed by atoms with van der Waals surface area (Å²) >= 11 is 0. The van der Waals surface area contributed by atoms with Gasteiger partial charge in [-0.15, -0.1) is 0 Å². The number of nitrogens with one attached hydrogen (secondary N) is 1. The van der Waals surface area contributed by atoms with Crippen molar-refractivity contribution in [2.75, 3.05) is 0 Å². The lowest BCUT2D eigenvalue weighted by Crippen LogP contribution is -2.15. The minimum Gasteiger partial charge on any atom is -0.402 e. The lowest BCUT2D eigenvalue weighted by Gasteiger charge is -2.13. The van der Waals surface area contributed by atoms with Gasteiger partial charge in [0.05, 0.1) is 0 Å². The lowest BCUT2D eigenvalue weighted by molar-refractivity contribution is -0.119. The van der Waals surface area contributed by atoms with Crippen molar-refractivity contribution in [1.29, 1.82) is 0 Å². The van der Waals surface area contributed by atoms with Gasteiger partial charge in [0.15, 0.2) is 0 Å². The summed E-state index contributed by atoms with van der Waals surface area (Å²) in [6.07, 6.45) is 5.18. The number of nitrogens with two attached hydrogens (primary N) is 1. The van der Waals surface area contributed by atoms with Crippen LogP contribution in [0.25, 0.3) is 0 Å². The maximum atomic E-state index is 10.9. The fraction of sp³-hybridized carbons (Fsp3) is 0.375. The standard InChI is InChI=1S/C8H10N2O/c9-6-1-2-7-5(3-6)4-8(11)10-7/h1-2,5H,3-4,9H2,(H,10,11). The third-order valence-electron chi connectivity index (χ3n) is 2.11. The van der Waals surface area contributed by atoms with E-state index in [1.807, 2.05) is 12.2 Å². The molecule has 0 aromatic rings. The summed E-state index contributed by atoms with van der Waals surface area (Å²) in [7, 11) is 0. The Labute approximate surface area is 65.0 Å². The van der Waals surface area contributed by atoms with Crippen molar-refractivity contribution in [2.45, 2.75) is 12.8 Å². The molecule has 2 rings (SSSR count). The number of carbonyl (C=O) groups is 1. The lowest BCUT2D eigenvalue weighted by atomic mass is 9.95. The second kappa shape index (κ2) is 2.12. The van der Waals surface area contributed by atoms with Crippen LogP contribution in [0.15, 0.2) is 23.5 Å². The molecule has 11 heavy (non-hydrogen) atoms. The van der Waals surface area contributed by atoms with Crippen LogP contribution >= 0.6 is 0 Å². The second-order valence-electron chi connectivity index (χ2n) is 3.02. The first kappa shape index (κ1) is 6.46. The predicted octanol–water partition coefficient (Wildman–Crippen LogP) is 0.253. The molecule has 1 amide bonds. The normalized spacial score (nSPS) is 28.7. The Morgan fingerprint density at radius 3 is 3.09 bits per heavy atom. The fourth-order valence-electron chi connectivity index (χ4n) is 1.56. The van der Waals surface area contributed by atoms with Gasteiger partial charge >= 0.3 is 0 Å². The Balaban J connectivity index is 2.25. The van der Waals surface area contributed by atoms with Gasteiger partial charge in [0.2, 0.25) is 5.91 Å². The molecule has 3 heteroatoms. The largest absolute Gasteiger partial charge is 0.402 e. The molecule has 1 unspecified atom stereocenters. The van der Waals surface area contributed by atoms with Crippen molar-refractivity contribution < 1.29 is 4.79 Å². The van der Waals surface area contributed by atoms with Crippen LogP contribution in [0.3, 0.4) is 0 Å². The highest BCUT2D eigenvalue weighted by atomic mass is 16.1. The van der Waals surface area contributed by atoms with Gasteiger partial charge < -0.3 is 11.1 Å². The topological polar surface area (TPSA) is 55.1 Å². The zero-order valence-electron chi connectivity index (χ0n) is 6.13. The van der Waals surface area contributed by atoms with E-state index in [-0.39, 0.29) is 5.91 Å². The van der Waals surface area contributed by atoms with Crippen LogP contribution in [-0.2, 0) is 4.79 Å². The van der Waals surface area contributed by atoms with E-state index in [0.29, 0.717) is 12.3 Å². The first-order valence-electron chi connectivity index (χ1n) is 3.72. The molecule has 3 nitrogen and oxygen atoms in total. The van der Waals surface area contributed by atoms with Gasteiger partial charge in [-0.05, 0) is 18.6 Å². The molecule has 0 bridgehead atoms. The Hall–Kier alpha value is -1.25. The summed E-state index contributed by atoms with van der Waals surface area (Å²) < 4.78 is 0. The number of allylic oxidation sites excluding steroid dienone is 4. The molecule has 2 aliphatic rings. The quantitative estimate of drug-likeness (QED) is 0.520. The SMILES string of the molecule is NC1=CC=C2NC(=O)CC2C1. The van der Waals surface area contributed by atoms with E-state index in [1.165, 1.54) is 0 Å². The molecule has 0 aromatic heterocycles. The van der Waals surface area contributed by atoms with Gasteiger partial charge in [-0.25, -0.2) is 0 Å². The van der Waals surface area contributed by atoms with E-state index >= 15 is 0 Å². The minimum absolute atomic E-state index is 0.115. The second-order valence-corrected chi connectivity index (χ2v) is 3.02. The molecular weight excluding hydrogens is 140 g/mol. The van der Waals surface area contributed by atoms with E-state index in [4.69, 9.17) is 5.73 Å². The number of hydrogen-bond donors (Lipinski definition) is 2. The van der Waals surface area contributed by atoms with E-state index in [0.717, 1.165) is 17.8 Å². The van der Waals surface area contributed by atoms with Crippen molar-refractivity contribution in [3.63, 3.8) is 0 Å². The summed E-state index contributed by atoms with van der Waals surface area (Å²) in [4.78, 5) is 10.9. The maximum absolute atomic E-state index is 10.9. The molecule has 1 aliphatic heterocycles. The third kappa shape index (κ3) is 1.02. The van der Waals surface area contributed by atoms with Gasteiger partial charge in [-0.1, -0.05) is 0 Å². The molecule has 1 atom stereocenters. The van der Waals surface area contributed by atoms with Crippen LogP contribution in [0.5, 0.6) is 0 Å². The van der Waals surface area contributed by atoms with E-state index in [1.54, 1.807) is 0 Å². The third-order valence-corrected chi connectivity index (χ3v) is 2.11. The molecule has 0 spiro atoms. The Morgan fingerprint density at radius 2 is 2.27 bits per heavy atom. The molecule has 0 radical (unpaired) electrons. The van der Waals surface area contributed by atoms with Gasteiger partial charge in [-0.3, -0.25) is 4.79 Å². The molecule has 0 aromatic carbocycles. The molecular formula is C8H10N2O. The maximum Gasteiger partial charge on any atom is 0.224 e. The first-order chi connectivity index (χ1) is 5.25. The van der Waals surface area contributed by atoms with Crippen LogP contribution in [0.1, 0.15) is 12.8 Å². The molecule has 58 valence electrons. The first-order valence-corrected chi connectivity index (χ1v) is 3.72. The highest BCUT2D eigenvalue weighted by Crippen LogP contribution is 2.28. The van der Waals surface area contributed by atoms with Crippen molar-refractivity contribution in [2.24, 2.45) is 11.7 Å². The summed E-state index contributed by atoms with van der Waals surface area (Å²) in [6, 6.07) is 0. The van der Waals surface area contributed by atoms with E-state index in [9.17, 15) is 4.79 Å². The smallest absolute Gasteiger partial charge is 0.224 e. The fourth-order valence-corrected chi connectivity index (χ4v) is 1.56. The number of rotatable bonds is 0. The Kier molecular flexibility index (Phi) is 1.24. The molecule has 1 heterocycles. The van der Waals surface area contributed by atoms with Gasteiger partial charge in [0, 0.05) is 23.7 Å². The molecule has 1 saturated heterocycles. The summed E-state index contributed by atoms with van der Waals surface area (Å²) in [5.41, 5.74) is 7.52. The summed E-state index contributed by atoms with van der Waals surface area (Å²) in [5.74, 6) is 0.442. The van der Waals surface area contributed by atoms with Crippen LogP contribution < -0.4 is 11.1 Å². The average molecular weight is 150 g/mol. The van der Waals surface area contributed by atoms with Crippen LogP contribution in [0.4, 0.5) is 0 Å². The summed E-state index contributed by atoms with van der Waals surface area (Å²) in [6.45, 7) is 0. The van der Waals surface area contributed by atoms with Gasteiger partial charge in [0.1, 0.15) is 0 Å². The number of hydrogen-bond acceptors (Lipinski definition) is 2. The van der Waals surface area contributed by atoms with E-state index < -0.39 is 0 Å². The Bertz CT molecular complexity index is 265. The van der Waals surface area contributed by atoms with Crippen molar-refractivity contribution in [3.05, 3.63) is 23.5 Å². The highest BCUT2D eigenvalue weighted by Gasteiger charge is 2.28. The zero-order valence-corrected chi connectivity index (χ0v) is 6.13. The molecule has 0 saturated carbocycles. The number of fused-ring (bicyclic) bond motifs is 1. The molecule has 1 fully saturated rings. The summed E-state index contributed by atoms with van der Waals surface area (Å²) in [5, 5.41) is 2.80. The monoisotopic (exact) mass is 150 g/mol. The van der Waals surface area contributed by atoms with Crippen molar-refractivity contribution in [3.8, 4) is 0 Å². The van der Waals surface area contributed by atoms with Crippen LogP contribution in [-0.4, -0.2) is 5.91 Å². The Morgan fingerprint density at radius 1 is 1.45 bits per heavy atom. The average Bonchev–Trinajstić information content (AvgIpc) is 2.27. The van der Waals surface area contributed by atoms with Gasteiger partial charge in [0.25, 0.3) is 0 Å². The van der Waals surface area contributed by atoms with Crippen molar-refractivity contribution in [1.82, 2.24) is 5.32 Å². The zero-order chi connectivity index (χ0) is 7.84.